The minimum Gasteiger partial charge on any atom is -0.480 e. The molecule has 1 heterocycles. The first kappa shape index (κ1) is 65.1. The number of nitro benzene ring substituents is 2. The summed E-state index contributed by atoms with van der Waals surface area (Å²) < 4.78 is 22.1. The van der Waals surface area contributed by atoms with E-state index in [-0.39, 0.29) is 63.6 Å². The summed E-state index contributed by atoms with van der Waals surface area (Å²) in [5.74, 6) is -13.8. The molecule has 0 saturated heterocycles. The number of carbonyl (C=O) groups is 8. The number of carboxylic acid groups (broad SMARTS) is 8. The molecule has 79 heavy (non-hydrogen) atoms. The van der Waals surface area contributed by atoms with Crippen molar-refractivity contribution in [3.05, 3.63) is 101 Å². The molecule has 430 valence electrons. The van der Waals surface area contributed by atoms with Crippen LogP contribution in [0.5, 0.6) is 0 Å². The number of rotatable bonds is 42. The predicted molar refractivity (Wildman–Crippen MR) is 275 cm³/mol. The maximum atomic E-state index is 12.5. The summed E-state index contributed by atoms with van der Waals surface area (Å²) in [6.07, 6.45) is 6.18. The molecule has 30 nitrogen and oxygen atoms in total. The molecule has 0 radical (unpaired) electrons. The largest absolute Gasteiger partial charge is 0.480 e. The fraction of sp³-hybridized carbons (Fsp3) is 0.417. The van der Waals surface area contributed by atoms with E-state index in [0.29, 0.717) is 20.9 Å². The first-order valence-electron chi connectivity index (χ1n) is 23.5. The van der Waals surface area contributed by atoms with Gasteiger partial charge in [-0.15, -0.1) is 11.3 Å². The Morgan fingerprint density at radius 1 is 0.468 bits per heavy atom. The molecule has 1 aromatic heterocycles. The van der Waals surface area contributed by atoms with Crippen molar-refractivity contribution in [3.8, 4) is 0 Å². The Morgan fingerprint density at radius 3 is 1.13 bits per heavy atom. The fourth-order valence-electron chi connectivity index (χ4n) is 7.42. The molecule has 3 rings (SSSR count). The number of benzene rings is 2. The van der Waals surface area contributed by atoms with Crippen LogP contribution in [-0.2, 0) is 57.3 Å². The Balaban J connectivity index is 1.86. The van der Waals surface area contributed by atoms with Gasteiger partial charge >= 0.3 is 47.8 Å². The third-order valence-electron chi connectivity index (χ3n) is 11.1. The SMILES string of the molecule is O=C(O)CNC(CCOCCOCC(c1cc(/C=C/c2ccc(/C=C/c3ccc([N+](=O)[O-])c(C(COCCOCCC(NCC(=O)O)C(=O)O)C(NCC(=O)O)C(=O)O)c3)s2)ccc1[N+](=O)[O-])C(NCC(=O)O)C(=O)O)C(=O)O. The Labute approximate surface area is 451 Å². The maximum Gasteiger partial charge on any atom is 0.321 e. The van der Waals surface area contributed by atoms with E-state index in [0.717, 1.165) is 12.1 Å². The van der Waals surface area contributed by atoms with Crippen LogP contribution in [0.4, 0.5) is 11.4 Å². The van der Waals surface area contributed by atoms with Gasteiger partial charge in [0.15, 0.2) is 0 Å². The van der Waals surface area contributed by atoms with Gasteiger partial charge in [-0.1, -0.05) is 12.2 Å². The van der Waals surface area contributed by atoms with Crippen LogP contribution in [0, 0.1) is 20.2 Å². The molecular weight excluding hydrogens is 1080 g/mol. The molecule has 31 heteroatoms. The molecule has 0 aliphatic carbocycles. The van der Waals surface area contributed by atoms with Gasteiger partial charge in [0, 0.05) is 58.1 Å². The monoisotopic (exact) mass is 1130 g/mol. The Bertz CT molecular complexity index is 2500. The normalized spacial score (nSPS) is 13.8. The minimum absolute atomic E-state index is 0.122. The van der Waals surface area contributed by atoms with Crippen LogP contribution in [0.3, 0.4) is 0 Å². The van der Waals surface area contributed by atoms with Gasteiger partial charge in [0.05, 0.1) is 75.7 Å². The van der Waals surface area contributed by atoms with Gasteiger partial charge in [-0.2, -0.15) is 0 Å². The quantitative estimate of drug-likeness (QED) is 0.0217. The second-order valence-corrected chi connectivity index (χ2v) is 17.9. The lowest BCUT2D eigenvalue weighted by Gasteiger charge is -2.25. The summed E-state index contributed by atoms with van der Waals surface area (Å²) in [6.45, 7) is -4.95. The summed E-state index contributed by atoms with van der Waals surface area (Å²) in [7, 11) is 0. The molecule has 12 N–H and O–H groups in total. The third kappa shape index (κ3) is 23.6. The zero-order valence-electron chi connectivity index (χ0n) is 41.7. The van der Waals surface area contributed by atoms with Crippen molar-refractivity contribution >= 4 is 94.8 Å². The van der Waals surface area contributed by atoms with E-state index in [1.807, 2.05) is 0 Å². The smallest absolute Gasteiger partial charge is 0.321 e. The van der Waals surface area contributed by atoms with Gasteiger partial charge in [-0.25, -0.2) is 0 Å². The summed E-state index contributed by atoms with van der Waals surface area (Å²) in [5, 5.41) is 109. The van der Waals surface area contributed by atoms with Gasteiger partial charge in [-0.3, -0.25) is 79.9 Å². The van der Waals surface area contributed by atoms with Gasteiger partial charge in [0.25, 0.3) is 11.4 Å². The van der Waals surface area contributed by atoms with E-state index in [9.17, 15) is 89.2 Å². The van der Waals surface area contributed by atoms with Gasteiger partial charge in [-0.05, 0) is 72.5 Å². The molecule has 0 saturated carbocycles. The predicted octanol–water partition coefficient (Wildman–Crippen LogP) is 1.43. The first-order valence-corrected chi connectivity index (χ1v) is 24.4. The van der Waals surface area contributed by atoms with Crippen LogP contribution in [0.1, 0.15) is 56.7 Å². The molecule has 6 unspecified atom stereocenters. The van der Waals surface area contributed by atoms with Crippen LogP contribution in [-0.4, -0.2) is 202 Å². The van der Waals surface area contributed by atoms with Crippen LogP contribution < -0.4 is 21.3 Å². The third-order valence-corrected chi connectivity index (χ3v) is 12.2. The number of thiophene rings is 1. The lowest BCUT2D eigenvalue weighted by atomic mass is 9.89. The number of hydrogen-bond donors (Lipinski definition) is 12. The molecule has 3 aromatic rings. The van der Waals surface area contributed by atoms with Crippen LogP contribution in [0.25, 0.3) is 24.3 Å². The summed E-state index contributed by atoms with van der Waals surface area (Å²) in [6, 6.07) is 5.26. The second-order valence-electron chi connectivity index (χ2n) is 16.7. The number of nitro groups is 2. The van der Waals surface area contributed by atoms with Crippen LogP contribution in [0.15, 0.2) is 48.5 Å². The molecule has 0 fully saturated rings. The van der Waals surface area contributed by atoms with Crippen LogP contribution >= 0.6 is 11.3 Å². The maximum absolute atomic E-state index is 12.5. The standard InChI is InChI=1S/C48H58N6O24S/c55-39(56)21-49-35(45(63)64)11-13-75-15-17-77-25-33(43(47(67)68)51-23-41(59)60)31-19-27(3-9-37(31)53(71)72)1-5-29-7-8-30(79-29)6-2-28-4-10-38(54(73)74)32(20-28)34(44(48(69)70)52-24-42(61)62)26-78-18-16-76-14-12-36(46(65)66)50-22-40(57)58/h1-10,19-20,33-36,43-44,49-52H,11-18,21-26H2,(H,55,56)(H,57,58)(H,59,60)(H,61,62)(H,63,64)(H,65,66)(H,67,68)(H,69,70)/b5-1+,6-2+. The number of carboxylic acids is 8. The van der Waals surface area contributed by atoms with E-state index >= 15 is 0 Å². The van der Waals surface area contributed by atoms with Gasteiger partial charge < -0.3 is 59.8 Å². The summed E-state index contributed by atoms with van der Waals surface area (Å²) >= 11 is 1.24. The summed E-state index contributed by atoms with van der Waals surface area (Å²) in [5.41, 5.74) is -0.575. The molecule has 0 bridgehead atoms. The van der Waals surface area contributed by atoms with Crippen molar-refractivity contribution in [2.24, 2.45) is 0 Å². The van der Waals surface area contributed by atoms with Crippen LogP contribution in [0.2, 0.25) is 0 Å². The Hall–Kier alpha value is -8.14. The number of hydrogen-bond acceptors (Lipinski definition) is 21. The van der Waals surface area contributed by atoms with E-state index in [4.69, 9.17) is 29.2 Å². The first-order chi connectivity index (χ1) is 37.5. The van der Waals surface area contributed by atoms with Crippen molar-refractivity contribution in [1.29, 1.82) is 0 Å². The van der Waals surface area contributed by atoms with E-state index in [1.54, 1.807) is 36.4 Å². The number of ether oxygens (including phenoxy) is 4. The molecule has 0 amide bonds. The molecule has 0 aliphatic heterocycles. The highest BCUT2D eigenvalue weighted by atomic mass is 32.1. The second kappa shape index (κ2) is 33.9. The average Bonchev–Trinajstić information content (AvgIpc) is 3.90. The molecular formula is C48H58N6O24S. The fourth-order valence-corrected chi connectivity index (χ4v) is 8.24. The highest BCUT2D eigenvalue weighted by molar-refractivity contribution is 7.13. The number of nitrogens with zero attached hydrogens (tertiary/aromatic N) is 2. The van der Waals surface area contributed by atoms with E-state index in [2.05, 4.69) is 21.3 Å². The highest BCUT2D eigenvalue weighted by Gasteiger charge is 2.36. The molecule has 0 spiro atoms. The molecule has 0 aliphatic rings. The van der Waals surface area contributed by atoms with E-state index < -0.39 is 144 Å². The van der Waals surface area contributed by atoms with Crippen molar-refractivity contribution < 1.29 is 108 Å². The number of aliphatic carboxylic acids is 8. The topological polar surface area (TPSA) is 470 Å². The van der Waals surface area contributed by atoms with Crippen molar-refractivity contribution in [2.45, 2.75) is 48.8 Å². The van der Waals surface area contributed by atoms with Crippen molar-refractivity contribution in [2.75, 3.05) is 79.0 Å². The molecule has 6 atom stereocenters. The highest BCUT2D eigenvalue weighted by Crippen LogP contribution is 2.34. The van der Waals surface area contributed by atoms with Gasteiger partial charge in [0.2, 0.25) is 0 Å². The summed E-state index contributed by atoms with van der Waals surface area (Å²) in [4.78, 5) is 117. The average molecular weight is 1140 g/mol. The van der Waals surface area contributed by atoms with Gasteiger partial charge in [0.1, 0.15) is 24.2 Å². The molecule has 2 aromatic carbocycles. The zero-order valence-corrected chi connectivity index (χ0v) is 42.5. The zero-order chi connectivity index (χ0) is 58.6. The van der Waals surface area contributed by atoms with Crippen molar-refractivity contribution in [3.63, 3.8) is 0 Å². The van der Waals surface area contributed by atoms with Crippen molar-refractivity contribution in [1.82, 2.24) is 21.3 Å². The minimum atomic E-state index is -1.72. The number of nitrogens with one attached hydrogen (secondary N) is 4. The van der Waals surface area contributed by atoms with E-state index in [1.165, 1.54) is 35.6 Å². The lowest BCUT2D eigenvalue weighted by molar-refractivity contribution is -0.386. The Morgan fingerprint density at radius 2 is 0.810 bits per heavy atom. The Kier molecular flexibility index (Phi) is 27.9. The lowest BCUT2D eigenvalue weighted by Crippen LogP contribution is -2.45.